The van der Waals surface area contributed by atoms with Crippen LogP contribution in [0.4, 0.5) is 6.01 Å². The van der Waals surface area contributed by atoms with E-state index in [9.17, 15) is 4.79 Å². The van der Waals surface area contributed by atoms with Gasteiger partial charge in [0.15, 0.2) is 0 Å². The van der Waals surface area contributed by atoms with Crippen molar-refractivity contribution in [1.82, 2.24) is 15.5 Å². The first-order valence-electron chi connectivity index (χ1n) is 9.66. The minimum Gasteiger partial charge on any atom is -0.406 e. The number of carbonyl (C=O) groups excluding carboxylic acids is 1. The summed E-state index contributed by atoms with van der Waals surface area (Å²) in [6.07, 6.45) is 2.76. The Hall–Kier alpha value is -3.66. The van der Waals surface area contributed by atoms with Gasteiger partial charge in [0.1, 0.15) is 6.04 Å². The van der Waals surface area contributed by atoms with Gasteiger partial charge < -0.3 is 14.6 Å². The third-order valence-corrected chi connectivity index (χ3v) is 4.97. The van der Waals surface area contributed by atoms with Crippen LogP contribution in [0.25, 0.3) is 0 Å². The third kappa shape index (κ3) is 4.43. The molecule has 1 amide bonds. The van der Waals surface area contributed by atoms with Crippen molar-refractivity contribution in [3.63, 3.8) is 0 Å². The molecule has 4 rings (SSSR count). The molecule has 0 bridgehead atoms. The van der Waals surface area contributed by atoms with E-state index in [4.69, 9.17) is 9.68 Å². The number of nitrogens with zero attached hydrogens (tertiary/aromatic N) is 4. The van der Waals surface area contributed by atoms with Crippen molar-refractivity contribution >= 4 is 11.9 Å². The predicted molar refractivity (Wildman–Crippen MR) is 107 cm³/mol. The highest BCUT2D eigenvalue weighted by molar-refractivity contribution is 5.94. The van der Waals surface area contributed by atoms with E-state index in [1.54, 1.807) is 24.3 Å². The number of nitriles is 1. The smallest absolute Gasteiger partial charge is 0.318 e. The van der Waals surface area contributed by atoms with Crippen LogP contribution in [0.1, 0.15) is 46.3 Å². The van der Waals surface area contributed by atoms with Gasteiger partial charge in [-0.2, -0.15) is 5.26 Å². The molecule has 7 heteroatoms. The summed E-state index contributed by atoms with van der Waals surface area (Å²) < 4.78 is 5.92. The first-order chi connectivity index (χ1) is 14.2. The molecule has 2 heterocycles. The Bertz CT molecular complexity index is 1000. The van der Waals surface area contributed by atoms with Crippen molar-refractivity contribution in [2.45, 2.75) is 25.3 Å². The van der Waals surface area contributed by atoms with Crippen molar-refractivity contribution in [2.24, 2.45) is 0 Å². The normalized spacial score (nSPS) is 14.4. The van der Waals surface area contributed by atoms with Gasteiger partial charge in [-0.25, -0.2) is 0 Å². The Kier molecular flexibility index (Phi) is 5.52. The Labute approximate surface area is 169 Å². The van der Waals surface area contributed by atoms with Crippen LogP contribution in [0.15, 0.2) is 59.0 Å². The summed E-state index contributed by atoms with van der Waals surface area (Å²) in [7, 11) is 0. The second kappa shape index (κ2) is 8.57. The number of hydrogen-bond acceptors (Lipinski definition) is 6. The lowest BCUT2D eigenvalue weighted by Gasteiger charge is -2.16. The maximum absolute atomic E-state index is 12.8. The fourth-order valence-electron chi connectivity index (χ4n) is 3.39. The van der Waals surface area contributed by atoms with Crippen LogP contribution < -0.4 is 10.2 Å². The van der Waals surface area contributed by atoms with Crippen LogP contribution in [0.3, 0.4) is 0 Å². The zero-order chi connectivity index (χ0) is 20.1. The average molecular weight is 387 g/mol. The molecule has 1 fully saturated rings. The summed E-state index contributed by atoms with van der Waals surface area (Å²) in [4.78, 5) is 14.9. The zero-order valence-corrected chi connectivity index (χ0v) is 15.9. The largest absolute Gasteiger partial charge is 0.406 e. The molecule has 0 radical (unpaired) electrons. The van der Waals surface area contributed by atoms with Crippen LogP contribution in [0.2, 0.25) is 0 Å². The topological polar surface area (TPSA) is 95.0 Å². The molecule has 3 aromatic rings. The van der Waals surface area contributed by atoms with Crippen LogP contribution in [0.5, 0.6) is 0 Å². The minimum absolute atomic E-state index is 0.253. The molecule has 2 aromatic carbocycles. The van der Waals surface area contributed by atoms with Crippen LogP contribution in [0, 0.1) is 11.3 Å². The van der Waals surface area contributed by atoms with E-state index in [0.29, 0.717) is 29.5 Å². The standard InChI is InChI=1S/C22H21N5O2/c23-15-17-8-10-18(11-9-17)20(28)24-19(14-16-6-2-1-3-7-16)21-25-26-22(29-21)27-12-4-5-13-27/h1-3,6-11,19H,4-5,12-14H2,(H,24,28). The van der Waals surface area contributed by atoms with Gasteiger partial charge in [-0.1, -0.05) is 35.4 Å². The molecule has 1 saturated heterocycles. The lowest BCUT2D eigenvalue weighted by molar-refractivity contribution is 0.0930. The molecule has 1 aromatic heterocycles. The first kappa shape index (κ1) is 18.7. The second-order valence-corrected chi connectivity index (χ2v) is 7.02. The molecule has 0 saturated carbocycles. The average Bonchev–Trinajstić information content (AvgIpc) is 3.46. The molecule has 146 valence electrons. The Morgan fingerprint density at radius 2 is 1.83 bits per heavy atom. The van der Waals surface area contributed by atoms with Gasteiger partial charge in [0.05, 0.1) is 11.6 Å². The van der Waals surface area contributed by atoms with Crippen LogP contribution >= 0.6 is 0 Å². The number of aromatic nitrogens is 2. The van der Waals surface area contributed by atoms with Gasteiger partial charge in [0, 0.05) is 25.1 Å². The van der Waals surface area contributed by atoms with E-state index in [1.807, 2.05) is 30.3 Å². The van der Waals surface area contributed by atoms with Gasteiger partial charge in [0.25, 0.3) is 5.91 Å². The minimum atomic E-state index is -0.454. The molecule has 1 N–H and O–H groups in total. The van der Waals surface area contributed by atoms with Crippen molar-refractivity contribution in [3.05, 3.63) is 77.2 Å². The van der Waals surface area contributed by atoms with Crippen LogP contribution in [-0.2, 0) is 6.42 Å². The van der Waals surface area contributed by atoms with Gasteiger partial charge >= 0.3 is 6.01 Å². The summed E-state index contributed by atoms with van der Waals surface area (Å²) in [6, 6.07) is 18.5. The molecule has 1 aliphatic rings. The number of benzene rings is 2. The third-order valence-electron chi connectivity index (χ3n) is 4.97. The first-order valence-corrected chi connectivity index (χ1v) is 9.66. The van der Waals surface area contributed by atoms with Crippen molar-refractivity contribution in [2.75, 3.05) is 18.0 Å². The monoisotopic (exact) mass is 387 g/mol. The molecule has 29 heavy (non-hydrogen) atoms. The maximum Gasteiger partial charge on any atom is 0.318 e. The highest BCUT2D eigenvalue weighted by Crippen LogP contribution is 2.24. The highest BCUT2D eigenvalue weighted by Gasteiger charge is 2.25. The quantitative estimate of drug-likeness (QED) is 0.698. The van der Waals surface area contributed by atoms with E-state index in [0.717, 1.165) is 31.5 Å². The van der Waals surface area contributed by atoms with E-state index in [-0.39, 0.29) is 5.91 Å². The summed E-state index contributed by atoms with van der Waals surface area (Å²) in [5.74, 6) is 0.133. The number of amides is 1. The van der Waals surface area contributed by atoms with Gasteiger partial charge in [-0.15, -0.1) is 5.10 Å². The number of rotatable bonds is 6. The second-order valence-electron chi connectivity index (χ2n) is 7.02. The number of carbonyl (C=O) groups is 1. The Morgan fingerprint density at radius 1 is 1.10 bits per heavy atom. The van der Waals surface area contributed by atoms with Gasteiger partial charge in [0.2, 0.25) is 5.89 Å². The summed E-state index contributed by atoms with van der Waals surface area (Å²) in [5, 5.41) is 20.3. The van der Waals surface area contributed by atoms with Crippen molar-refractivity contribution < 1.29 is 9.21 Å². The lowest BCUT2D eigenvalue weighted by Crippen LogP contribution is -2.30. The van der Waals surface area contributed by atoms with E-state index < -0.39 is 6.04 Å². The molecule has 1 unspecified atom stereocenters. The molecule has 1 aliphatic heterocycles. The number of hydrogen-bond donors (Lipinski definition) is 1. The van der Waals surface area contributed by atoms with E-state index in [2.05, 4.69) is 26.5 Å². The van der Waals surface area contributed by atoms with Gasteiger partial charge in [-0.05, 0) is 42.7 Å². The number of anilines is 1. The Balaban J connectivity index is 1.56. The zero-order valence-electron chi connectivity index (χ0n) is 15.9. The summed E-state index contributed by atoms with van der Waals surface area (Å²) in [6.45, 7) is 1.81. The van der Waals surface area contributed by atoms with E-state index in [1.165, 1.54) is 0 Å². The highest BCUT2D eigenvalue weighted by atomic mass is 16.4. The molecule has 1 atom stereocenters. The lowest BCUT2D eigenvalue weighted by atomic mass is 10.0. The number of nitrogens with one attached hydrogen (secondary N) is 1. The molecule has 0 spiro atoms. The fraction of sp³-hybridized carbons (Fsp3) is 0.273. The summed E-state index contributed by atoms with van der Waals surface area (Å²) >= 11 is 0. The molecule has 7 nitrogen and oxygen atoms in total. The van der Waals surface area contributed by atoms with Gasteiger partial charge in [-0.3, -0.25) is 4.79 Å². The molecular formula is C22H21N5O2. The maximum atomic E-state index is 12.8. The predicted octanol–water partition coefficient (Wildman–Crippen LogP) is 3.26. The SMILES string of the molecule is N#Cc1ccc(C(=O)NC(Cc2ccccc2)c2nnc(N3CCCC3)o2)cc1. The molecule has 0 aliphatic carbocycles. The van der Waals surface area contributed by atoms with E-state index >= 15 is 0 Å². The fourth-order valence-corrected chi connectivity index (χ4v) is 3.39. The summed E-state index contributed by atoms with van der Waals surface area (Å²) in [5.41, 5.74) is 2.04. The van der Waals surface area contributed by atoms with Crippen molar-refractivity contribution in [1.29, 1.82) is 5.26 Å². The molecular weight excluding hydrogens is 366 g/mol. The van der Waals surface area contributed by atoms with Crippen molar-refractivity contribution in [3.8, 4) is 6.07 Å². The van der Waals surface area contributed by atoms with Crippen LogP contribution in [-0.4, -0.2) is 29.2 Å². The Morgan fingerprint density at radius 3 is 2.52 bits per heavy atom.